The number of methoxy groups -OCH3 is 1. The van der Waals surface area contributed by atoms with Crippen LogP contribution < -0.4 is 4.74 Å². The summed E-state index contributed by atoms with van der Waals surface area (Å²) in [7, 11) is 1.61. The Morgan fingerprint density at radius 2 is 1.73 bits per heavy atom. The molecule has 0 aliphatic rings. The standard InChI is InChI=1S/C23H17FN4OS/c1-29-19-12-10-18(11-13-19)28-22(20-4-2-3-5-21(20)24)26-27-23(28)30-15-17-8-6-16(14-25)7-9-17/h2-13H,15H2,1H3. The maximum absolute atomic E-state index is 14.5. The van der Waals surface area contributed by atoms with Crippen LogP contribution in [0.1, 0.15) is 11.1 Å². The molecule has 0 bridgehead atoms. The molecule has 1 aromatic heterocycles. The molecule has 0 N–H and O–H groups in total. The molecule has 30 heavy (non-hydrogen) atoms. The Labute approximate surface area is 177 Å². The molecular weight excluding hydrogens is 399 g/mol. The van der Waals surface area contributed by atoms with Gasteiger partial charge >= 0.3 is 0 Å². The van der Waals surface area contributed by atoms with Crippen molar-refractivity contribution in [2.45, 2.75) is 10.9 Å². The van der Waals surface area contributed by atoms with Gasteiger partial charge in [0.1, 0.15) is 11.6 Å². The summed E-state index contributed by atoms with van der Waals surface area (Å²) in [4.78, 5) is 0. The highest BCUT2D eigenvalue weighted by Gasteiger charge is 2.18. The highest BCUT2D eigenvalue weighted by atomic mass is 32.2. The molecule has 0 atom stereocenters. The molecule has 5 nitrogen and oxygen atoms in total. The van der Waals surface area contributed by atoms with Crippen molar-refractivity contribution in [1.82, 2.24) is 14.8 Å². The Morgan fingerprint density at radius 3 is 2.40 bits per heavy atom. The van der Waals surface area contributed by atoms with Crippen molar-refractivity contribution in [3.63, 3.8) is 0 Å². The first kappa shape index (κ1) is 19.7. The van der Waals surface area contributed by atoms with Crippen LogP contribution in [0.2, 0.25) is 0 Å². The number of benzene rings is 3. The van der Waals surface area contributed by atoms with E-state index in [0.717, 1.165) is 17.0 Å². The zero-order valence-electron chi connectivity index (χ0n) is 16.1. The second-order valence-corrected chi connectivity index (χ2v) is 7.36. The molecule has 0 unspecified atom stereocenters. The fourth-order valence-corrected chi connectivity index (χ4v) is 3.88. The molecule has 0 aliphatic carbocycles. The molecular formula is C23H17FN4OS. The lowest BCUT2D eigenvalue weighted by Crippen LogP contribution is -2.01. The molecule has 0 saturated heterocycles. The molecule has 0 radical (unpaired) electrons. The van der Waals surface area contributed by atoms with E-state index in [9.17, 15) is 4.39 Å². The summed E-state index contributed by atoms with van der Waals surface area (Å²) in [6, 6.07) is 23.5. The molecule has 3 aromatic carbocycles. The zero-order chi connectivity index (χ0) is 20.9. The van der Waals surface area contributed by atoms with Gasteiger partial charge < -0.3 is 4.74 Å². The fourth-order valence-electron chi connectivity index (χ4n) is 2.97. The van der Waals surface area contributed by atoms with E-state index in [4.69, 9.17) is 10.00 Å². The summed E-state index contributed by atoms with van der Waals surface area (Å²) in [5, 5.41) is 18.2. The third-order valence-electron chi connectivity index (χ3n) is 4.53. The molecule has 0 amide bonds. The summed E-state index contributed by atoms with van der Waals surface area (Å²) < 4.78 is 21.6. The lowest BCUT2D eigenvalue weighted by Gasteiger charge is -2.11. The number of halogens is 1. The third kappa shape index (κ3) is 4.04. The highest BCUT2D eigenvalue weighted by Crippen LogP contribution is 2.31. The summed E-state index contributed by atoms with van der Waals surface area (Å²) in [5.41, 5.74) is 2.86. The Kier molecular flexibility index (Phi) is 5.77. The van der Waals surface area contributed by atoms with Crippen molar-refractivity contribution in [3.8, 4) is 28.9 Å². The Bertz CT molecular complexity index is 1200. The number of rotatable bonds is 6. The maximum atomic E-state index is 14.5. The molecule has 0 aliphatic heterocycles. The van der Waals surface area contributed by atoms with Gasteiger partial charge in [-0.2, -0.15) is 5.26 Å². The highest BCUT2D eigenvalue weighted by molar-refractivity contribution is 7.98. The quantitative estimate of drug-likeness (QED) is 0.402. The van der Waals surface area contributed by atoms with Gasteiger partial charge in [-0.25, -0.2) is 4.39 Å². The van der Waals surface area contributed by atoms with Crippen LogP contribution in [0.25, 0.3) is 17.1 Å². The SMILES string of the molecule is COc1ccc(-n2c(SCc3ccc(C#N)cc3)nnc2-c2ccccc2F)cc1. The van der Waals surface area contributed by atoms with Gasteiger partial charge in [-0.1, -0.05) is 36.0 Å². The molecule has 4 rings (SSSR count). The van der Waals surface area contributed by atoms with Crippen molar-refractivity contribution in [2.24, 2.45) is 0 Å². The number of hydrogen-bond acceptors (Lipinski definition) is 5. The van der Waals surface area contributed by atoms with Gasteiger partial charge in [-0.15, -0.1) is 10.2 Å². The van der Waals surface area contributed by atoms with E-state index in [1.54, 1.807) is 37.4 Å². The van der Waals surface area contributed by atoms with E-state index in [1.807, 2.05) is 41.0 Å². The van der Waals surface area contributed by atoms with Gasteiger partial charge in [0.05, 0.1) is 30.0 Å². The molecule has 0 fully saturated rings. The van der Waals surface area contributed by atoms with Gasteiger partial charge in [0, 0.05) is 5.75 Å². The first-order chi connectivity index (χ1) is 14.7. The smallest absolute Gasteiger partial charge is 0.196 e. The fraction of sp³-hybridized carbons (Fsp3) is 0.0870. The van der Waals surface area contributed by atoms with Gasteiger partial charge in [-0.3, -0.25) is 4.57 Å². The van der Waals surface area contributed by atoms with E-state index in [-0.39, 0.29) is 5.82 Å². The van der Waals surface area contributed by atoms with Gasteiger partial charge in [-0.05, 0) is 54.1 Å². The van der Waals surface area contributed by atoms with Crippen molar-refractivity contribution in [3.05, 3.63) is 89.7 Å². The molecule has 148 valence electrons. The van der Waals surface area contributed by atoms with Crippen LogP contribution in [0.5, 0.6) is 5.75 Å². The topological polar surface area (TPSA) is 63.7 Å². The number of nitriles is 1. The van der Waals surface area contributed by atoms with Crippen molar-refractivity contribution in [1.29, 1.82) is 5.26 Å². The van der Waals surface area contributed by atoms with Crippen molar-refractivity contribution in [2.75, 3.05) is 7.11 Å². The zero-order valence-corrected chi connectivity index (χ0v) is 16.9. The van der Waals surface area contributed by atoms with E-state index in [1.165, 1.54) is 17.8 Å². The van der Waals surface area contributed by atoms with Crippen LogP contribution in [-0.2, 0) is 5.75 Å². The maximum Gasteiger partial charge on any atom is 0.196 e. The number of aromatic nitrogens is 3. The summed E-state index contributed by atoms with van der Waals surface area (Å²) >= 11 is 1.49. The van der Waals surface area contributed by atoms with E-state index >= 15 is 0 Å². The van der Waals surface area contributed by atoms with Crippen LogP contribution in [0, 0.1) is 17.1 Å². The Balaban J connectivity index is 1.72. The van der Waals surface area contributed by atoms with Crippen LogP contribution in [0.3, 0.4) is 0 Å². The first-order valence-electron chi connectivity index (χ1n) is 9.16. The average molecular weight is 416 g/mol. The third-order valence-corrected chi connectivity index (χ3v) is 5.53. The minimum atomic E-state index is -0.358. The largest absolute Gasteiger partial charge is 0.497 e. The van der Waals surface area contributed by atoms with Crippen LogP contribution in [0.15, 0.2) is 78.0 Å². The average Bonchev–Trinajstić information content (AvgIpc) is 3.22. The molecule has 7 heteroatoms. The minimum Gasteiger partial charge on any atom is -0.497 e. The Hall–Kier alpha value is -3.63. The second kappa shape index (κ2) is 8.80. The van der Waals surface area contributed by atoms with Crippen molar-refractivity contribution >= 4 is 11.8 Å². The molecule has 0 spiro atoms. The summed E-state index contributed by atoms with van der Waals surface area (Å²) in [6.45, 7) is 0. The normalized spacial score (nSPS) is 10.6. The number of ether oxygens (including phenoxy) is 1. The molecule has 0 saturated carbocycles. The van der Waals surface area contributed by atoms with Crippen LogP contribution in [0.4, 0.5) is 4.39 Å². The van der Waals surface area contributed by atoms with E-state index < -0.39 is 0 Å². The second-order valence-electron chi connectivity index (χ2n) is 6.42. The van der Waals surface area contributed by atoms with Crippen LogP contribution >= 0.6 is 11.8 Å². The molecule has 4 aromatic rings. The number of thioether (sulfide) groups is 1. The van der Waals surface area contributed by atoms with Gasteiger partial charge in [0.2, 0.25) is 0 Å². The molecule has 1 heterocycles. The van der Waals surface area contributed by atoms with E-state index in [2.05, 4.69) is 16.3 Å². The lowest BCUT2D eigenvalue weighted by molar-refractivity contribution is 0.414. The lowest BCUT2D eigenvalue weighted by atomic mass is 10.2. The summed E-state index contributed by atoms with van der Waals surface area (Å²) in [5.74, 6) is 1.44. The van der Waals surface area contributed by atoms with Gasteiger partial charge in [0.15, 0.2) is 11.0 Å². The number of hydrogen-bond donors (Lipinski definition) is 0. The van der Waals surface area contributed by atoms with Crippen molar-refractivity contribution < 1.29 is 9.13 Å². The summed E-state index contributed by atoms with van der Waals surface area (Å²) in [6.07, 6.45) is 0. The van der Waals surface area contributed by atoms with Crippen LogP contribution in [-0.4, -0.2) is 21.9 Å². The first-order valence-corrected chi connectivity index (χ1v) is 10.1. The minimum absolute atomic E-state index is 0.358. The van der Waals surface area contributed by atoms with E-state index in [0.29, 0.717) is 27.9 Å². The monoisotopic (exact) mass is 416 g/mol. The number of nitrogens with zero attached hydrogens (tertiary/aromatic N) is 4. The Morgan fingerprint density at radius 1 is 1.00 bits per heavy atom. The predicted molar refractivity (Wildman–Crippen MR) is 114 cm³/mol. The predicted octanol–water partition coefficient (Wildman–Crippen LogP) is 5.25. The van der Waals surface area contributed by atoms with Gasteiger partial charge in [0.25, 0.3) is 0 Å².